The van der Waals surface area contributed by atoms with Crippen LogP contribution in [0.1, 0.15) is 19.4 Å². The molecule has 19 heavy (non-hydrogen) atoms. The van der Waals surface area contributed by atoms with Gasteiger partial charge in [-0.05, 0) is 36.2 Å². The van der Waals surface area contributed by atoms with Gasteiger partial charge in [0.05, 0.1) is 12.7 Å². The van der Waals surface area contributed by atoms with Crippen LogP contribution in [-0.2, 0) is 20.9 Å². The SMILES string of the molecule is CC(C)OC(=O)COCc1ccc2ccccc2c1. The third kappa shape index (κ3) is 4.07. The van der Waals surface area contributed by atoms with Gasteiger partial charge in [0.1, 0.15) is 6.61 Å². The molecule has 0 amide bonds. The van der Waals surface area contributed by atoms with Crippen LogP contribution in [0.3, 0.4) is 0 Å². The number of rotatable bonds is 5. The van der Waals surface area contributed by atoms with Gasteiger partial charge in [0.25, 0.3) is 0 Å². The Hall–Kier alpha value is -1.87. The van der Waals surface area contributed by atoms with Crippen molar-refractivity contribution in [3.63, 3.8) is 0 Å². The molecule has 0 saturated carbocycles. The minimum Gasteiger partial charge on any atom is -0.461 e. The second-order valence-electron chi connectivity index (χ2n) is 4.71. The Labute approximate surface area is 113 Å². The zero-order chi connectivity index (χ0) is 13.7. The summed E-state index contributed by atoms with van der Waals surface area (Å²) in [6, 6.07) is 14.3. The van der Waals surface area contributed by atoms with Gasteiger partial charge < -0.3 is 9.47 Å². The number of benzene rings is 2. The summed E-state index contributed by atoms with van der Waals surface area (Å²) in [5.74, 6) is -0.323. The molecule has 0 N–H and O–H groups in total. The molecule has 2 rings (SSSR count). The normalized spacial score (nSPS) is 10.9. The van der Waals surface area contributed by atoms with E-state index in [4.69, 9.17) is 9.47 Å². The molecule has 0 fully saturated rings. The summed E-state index contributed by atoms with van der Waals surface area (Å²) < 4.78 is 10.4. The van der Waals surface area contributed by atoms with Gasteiger partial charge in [0, 0.05) is 0 Å². The van der Waals surface area contributed by atoms with Crippen LogP contribution in [0.15, 0.2) is 42.5 Å². The highest BCUT2D eigenvalue weighted by atomic mass is 16.6. The van der Waals surface area contributed by atoms with Crippen molar-refractivity contribution in [2.24, 2.45) is 0 Å². The fourth-order valence-electron chi connectivity index (χ4n) is 1.88. The topological polar surface area (TPSA) is 35.5 Å². The van der Waals surface area contributed by atoms with E-state index in [9.17, 15) is 4.79 Å². The third-order valence-corrected chi connectivity index (χ3v) is 2.67. The molecule has 0 aromatic heterocycles. The zero-order valence-electron chi connectivity index (χ0n) is 11.3. The fraction of sp³-hybridized carbons (Fsp3) is 0.312. The molecule has 3 heteroatoms. The van der Waals surface area contributed by atoms with Gasteiger partial charge in [-0.25, -0.2) is 4.79 Å². The Balaban J connectivity index is 1.89. The molecule has 0 atom stereocenters. The summed E-state index contributed by atoms with van der Waals surface area (Å²) in [6.45, 7) is 4.05. The van der Waals surface area contributed by atoms with Crippen LogP contribution in [0.5, 0.6) is 0 Å². The molecule has 100 valence electrons. The maximum atomic E-state index is 11.3. The first-order valence-electron chi connectivity index (χ1n) is 6.40. The first-order chi connectivity index (χ1) is 9.15. The lowest BCUT2D eigenvalue weighted by atomic mass is 10.1. The van der Waals surface area contributed by atoms with Gasteiger partial charge in [-0.1, -0.05) is 36.4 Å². The van der Waals surface area contributed by atoms with E-state index in [1.807, 2.05) is 32.0 Å². The summed E-state index contributed by atoms with van der Waals surface area (Å²) >= 11 is 0. The van der Waals surface area contributed by atoms with Crippen LogP contribution in [0.4, 0.5) is 0 Å². The molecule has 0 spiro atoms. The third-order valence-electron chi connectivity index (χ3n) is 2.67. The van der Waals surface area contributed by atoms with Gasteiger partial charge >= 0.3 is 5.97 Å². The quantitative estimate of drug-likeness (QED) is 0.772. The number of hydrogen-bond acceptors (Lipinski definition) is 3. The van der Waals surface area contributed by atoms with E-state index < -0.39 is 0 Å². The molecule has 0 radical (unpaired) electrons. The molecule has 0 unspecified atom stereocenters. The minimum absolute atomic E-state index is 0.00892. The monoisotopic (exact) mass is 258 g/mol. The second kappa shape index (κ2) is 6.34. The summed E-state index contributed by atoms with van der Waals surface area (Å²) in [4.78, 5) is 11.3. The largest absolute Gasteiger partial charge is 0.461 e. The fourth-order valence-corrected chi connectivity index (χ4v) is 1.88. The molecule has 2 aromatic rings. The smallest absolute Gasteiger partial charge is 0.332 e. The molecular weight excluding hydrogens is 240 g/mol. The van der Waals surface area contributed by atoms with Crippen molar-refractivity contribution in [3.05, 3.63) is 48.0 Å². The molecular formula is C16H18O3. The number of ether oxygens (including phenoxy) is 2. The van der Waals surface area contributed by atoms with Gasteiger partial charge in [0.2, 0.25) is 0 Å². The van der Waals surface area contributed by atoms with E-state index in [2.05, 4.69) is 24.3 Å². The van der Waals surface area contributed by atoms with Crippen molar-refractivity contribution < 1.29 is 14.3 Å². The number of esters is 1. The standard InChI is InChI=1S/C16H18O3/c1-12(2)19-16(17)11-18-10-13-7-8-14-5-3-4-6-15(14)9-13/h3-9,12H,10-11H2,1-2H3. The van der Waals surface area contributed by atoms with Gasteiger partial charge in [-0.2, -0.15) is 0 Å². The van der Waals surface area contributed by atoms with E-state index in [-0.39, 0.29) is 18.7 Å². The maximum absolute atomic E-state index is 11.3. The summed E-state index contributed by atoms with van der Waals surface area (Å²) in [7, 11) is 0. The van der Waals surface area contributed by atoms with Gasteiger partial charge in [0.15, 0.2) is 0 Å². The Kier molecular flexibility index (Phi) is 4.53. The highest BCUT2D eigenvalue weighted by Crippen LogP contribution is 2.16. The molecule has 2 aromatic carbocycles. The van der Waals surface area contributed by atoms with Crippen LogP contribution in [-0.4, -0.2) is 18.7 Å². The number of carbonyl (C=O) groups excluding carboxylic acids is 1. The Morgan fingerprint density at radius 1 is 1.11 bits per heavy atom. The Morgan fingerprint density at radius 3 is 2.58 bits per heavy atom. The molecule has 0 saturated heterocycles. The van der Waals surface area contributed by atoms with Crippen molar-refractivity contribution >= 4 is 16.7 Å². The summed E-state index contributed by atoms with van der Waals surface area (Å²) in [6.07, 6.45) is -0.100. The molecule has 0 bridgehead atoms. The molecule has 0 aliphatic carbocycles. The average molecular weight is 258 g/mol. The van der Waals surface area contributed by atoms with E-state index in [1.165, 1.54) is 10.8 Å². The maximum Gasteiger partial charge on any atom is 0.332 e. The summed E-state index contributed by atoms with van der Waals surface area (Å²) in [5.41, 5.74) is 1.05. The first kappa shape index (κ1) is 13.6. The van der Waals surface area contributed by atoms with Gasteiger partial charge in [-0.3, -0.25) is 0 Å². The Morgan fingerprint density at radius 2 is 1.84 bits per heavy atom. The highest BCUT2D eigenvalue weighted by Gasteiger charge is 2.05. The highest BCUT2D eigenvalue weighted by molar-refractivity contribution is 5.82. The van der Waals surface area contributed by atoms with Crippen LogP contribution < -0.4 is 0 Å². The van der Waals surface area contributed by atoms with E-state index in [0.29, 0.717) is 6.61 Å². The lowest BCUT2D eigenvalue weighted by molar-refractivity contribution is -0.153. The zero-order valence-corrected chi connectivity index (χ0v) is 11.3. The van der Waals surface area contributed by atoms with Crippen molar-refractivity contribution in [2.75, 3.05) is 6.61 Å². The number of hydrogen-bond donors (Lipinski definition) is 0. The van der Waals surface area contributed by atoms with Crippen LogP contribution in [0.25, 0.3) is 10.8 Å². The van der Waals surface area contributed by atoms with Gasteiger partial charge in [-0.15, -0.1) is 0 Å². The minimum atomic E-state index is -0.323. The van der Waals surface area contributed by atoms with Crippen LogP contribution >= 0.6 is 0 Å². The molecule has 3 nitrogen and oxygen atoms in total. The van der Waals surface area contributed by atoms with Crippen molar-refractivity contribution in [1.29, 1.82) is 0 Å². The van der Waals surface area contributed by atoms with E-state index in [1.54, 1.807) is 0 Å². The van der Waals surface area contributed by atoms with Crippen molar-refractivity contribution in [1.82, 2.24) is 0 Å². The Bertz CT molecular complexity index is 561. The van der Waals surface area contributed by atoms with Crippen molar-refractivity contribution in [3.8, 4) is 0 Å². The van der Waals surface area contributed by atoms with Crippen LogP contribution in [0, 0.1) is 0 Å². The molecule has 0 heterocycles. The molecule has 0 aliphatic rings. The van der Waals surface area contributed by atoms with E-state index in [0.717, 1.165) is 5.56 Å². The predicted molar refractivity (Wildman–Crippen MR) is 74.8 cm³/mol. The number of carbonyl (C=O) groups is 1. The average Bonchev–Trinajstić information content (AvgIpc) is 2.37. The lowest BCUT2D eigenvalue weighted by Gasteiger charge is -2.08. The first-order valence-corrected chi connectivity index (χ1v) is 6.40. The van der Waals surface area contributed by atoms with E-state index >= 15 is 0 Å². The van der Waals surface area contributed by atoms with Crippen molar-refractivity contribution in [2.45, 2.75) is 26.6 Å². The number of fused-ring (bicyclic) bond motifs is 1. The second-order valence-corrected chi connectivity index (χ2v) is 4.71. The summed E-state index contributed by atoms with van der Waals surface area (Å²) in [5, 5.41) is 2.37. The predicted octanol–water partition coefficient (Wildman–Crippen LogP) is 3.31. The lowest BCUT2D eigenvalue weighted by Crippen LogP contribution is -2.16. The van der Waals surface area contributed by atoms with Crippen LogP contribution in [0.2, 0.25) is 0 Å². The molecule has 0 aliphatic heterocycles.